The van der Waals surface area contributed by atoms with Gasteiger partial charge in [0.1, 0.15) is 17.1 Å². The van der Waals surface area contributed by atoms with Crippen LogP contribution in [0, 0.1) is 28.4 Å². The first-order chi connectivity index (χ1) is 11.8. The summed E-state index contributed by atoms with van der Waals surface area (Å²) in [6, 6.07) is 11.0. The highest BCUT2D eigenvalue weighted by Gasteiger charge is 2.25. The van der Waals surface area contributed by atoms with Crippen LogP contribution in [0.25, 0.3) is 0 Å². The zero-order valence-corrected chi connectivity index (χ0v) is 14.0. The number of nitriles is 1. The monoisotopic (exact) mass is 340 g/mol. The third kappa shape index (κ3) is 4.32. The number of carbonyl (C=O) groups is 1. The topological polar surface area (TPSA) is 102 Å². The molecule has 0 spiro atoms. The van der Waals surface area contributed by atoms with Gasteiger partial charge in [0, 0.05) is 12.1 Å². The van der Waals surface area contributed by atoms with E-state index in [4.69, 9.17) is 14.7 Å². The van der Waals surface area contributed by atoms with Crippen molar-refractivity contribution < 1.29 is 19.2 Å². The molecular weight excluding hydrogens is 324 g/mol. The van der Waals surface area contributed by atoms with Crippen molar-refractivity contribution in [1.82, 2.24) is 0 Å². The molecule has 0 N–H and O–H groups in total. The number of aryl methyl sites for hydroxylation is 1. The Balaban J connectivity index is 2.42. The van der Waals surface area contributed by atoms with Crippen LogP contribution in [0.2, 0.25) is 0 Å². The van der Waals surface area contributed by atoms with E-state index in [9.17, 15) is 14.9 Å². The van der Waals surface area contributed by atoms with Gasteiger partial charge >= 0.3 is 5.97 Å². The lowest BCUT2D eigenvalue weighted by atomic mass is 10.1. The fourth-order valence-electron chi connectivity index (χ4n) is 2.10. The Hall–Kier alpha value is -3.40. The van der Waals surface area contributed by atoms with Gasteiger partial charge in [-0.15, -0.1) is 0 Å². The Morgan fingerprint density at radius 1 is 1.24 bits per heavy atom. The van der Waals surface area contributed by atoms with Crippen molar-refractivity contribution >= 4 is 11.7 Å². The van der Waals surface area contributed by atoms with Crippen LogP contribution in [0.3, 0.4) is 0 Å². The zero-order chi connectivity index (χ0) is 18.6. The van der Waals surface area contributed by atoms with Gasteiger partial charge in [-0.05, 0) is 50.6 Å². The van der Waals surface area contributed by atoms with Crippen molar-refractivity contribution in [2.45, 2.75) is 26.9 Å². The number of nitro groups is 1. The predicted octanol–water partition coefficient (Wildman–Crippen LogP) is 4.13. The van der Waals surface area contributed by atoms with Crippen molar-refractivity contribution in [3.63, 3.8) is 0 Å². The summed E-state index contributed by atoms with van der Waals surface area (Å²) in [6.07, 6.45) is -0.406. The highest BCUT2D eigenvalue weighted by molar-refractivity contribution is 5.94. The molecule has 0 bridgehead atoms. The molecule has 128 valence electrons. The lowest BCUT2D eigenvalue weighted by Crippen LogP contribution is -2.13. The number of ether oxygens (including phenoxy) is 2. The molecule has 0 aliphatic carbocycles. The zero-order valence-electron chi connectivity index (χ0n) is 14.0. The van der Waals surface area contributed by atoms with Crippen LogP contribution in [0.1, 0.15) is 35.3 Å². The first kappa shape index (κ1) is 17.9. The van der Waals surface area contributed by atoms with Gasteiger partial charge in [-0.1, -0.05) is 0 Å². The summed E-state index contributed by atoms with van der Waals surface area (Å²) in [5.41, 5.74) is 0.467. The molecule has 0 fully saturated rings. The average Bonchev–Trinajstić information content (AvgIpc) is 2.56. The van der Waals surface area contributed by atoms with Gasteiger partial charge in [-0.25, -0.2) is 4.79 Å². The second-order valence-electron chi connectivity index (χ2n) is 5.58. The number of nitrogens with zero attached hydrogens (tertiary/aromatic N) is 2. The first-order valence-electron chi connectivity index (χ1n) is 7.50. The van der Waals surface area contributed by atoms with Crippen LogP contribution in [0.4, 0.5) is 5.69 Å². The number of nitro benzene ring substituents is 1. The summed E-state index contributed by atoms with van der Waals surface area (Å²) in [5.74, 6) is -0.0449. The Labute approximate surface area is 144 Å². The summed E-state index contributed by atoms with van der Waals surface area (Å²) < 4.78 is 10.8. The number of carbonyl (C=O) groups excluding carboxylic acids is 1. The molecule has 0 amide bonds. The van der Waals surface area contributed by atoms with Crippen LogP contribution in [0.5, 0.6) is 11.5 Å². The highest BCUT2D eigenvalue weighted by Crippen LogP contribution is 2.32. The minimum absolute atomic E-state index is 0.173. The number of esters is 1. The number of rotatable bonds is 5. The summed E-state index contributed by atoms with van der Waals surface area (Å²) >= 11 is 0. The Morgan fingerprint density at radius 3 is 2.40 bits per heavy atom. The standard InChI is InChI=1S/C18H16N2O5/c1-11(2)24-18(21)15-9-17(12(3)8-16(15)20(22)23)25-14-6-4-13(10-19)5-7-14/h4-9,11H,1-3H3. The minimum atomic E-state index is -0.786. The van der Waals surface area contributed by atoms with E-state index in [0.29, 0.717) is 22.6 Å². The van der Waals surface area contributed by atoms with Crippen LogP contribution >= 0.6 is 0 Å². The number of hydrogen-bond donors (Lipinski definition) is 0. The average molecular weight is 340 g/mol. The van der Waals surface area contributed by atoms with Crippen molar-refractivity contribution in [2.24, 2.45) is 0 Å². The van der Waals surface area contributed by atoms with E-state index in [2.05, 4.69) is 0 Å². The molecule has 0 unspecified atom stereocenters. The van der Waals surface area contributed by atoms with E-state index in [0.717, 1.165) is 0 Å². The molecule has 0 saturated heterocycles. The third-order valence-electron chi connectivity index (χ3n) is 3.26. The summed E-state index contributed by atoms with van der Waals surface area (Å²) in [4.78, 5) is 22.8. The second-order valence-corrected chi connectivity index (χ2v) is 5.58. The van der Waals surface area contributed by atoms with Gasteiger partial charge < -0.3 is 9.47 Å². The molecule has 0 heterocycles. The van der Waals surface area contributed by atoms with Gasteiger partial charge in [0.15, 0.2) is 0 Å². The second kappa shape index (κ2) is 7.45. The van der Waals surface area contributed by atoms with Crippen LogP contribution in [-0.2, 0) is 4.74 Å². The van der Waals surface area contributed by atoms with Gasteiger partial charge in [-0.2, -0.15) is 5.26 Å². The van der Waals surface area contributed by atoms with E-state index in [1.807, 2.05) is 6.07 Å². The molecule has 2 rings (SSSR count). The molecule has 2 aromatic carbocycles. The maximum absolute atomic E-state index is 12.2. The van der Waals surface area contributed by atoms with Gasteiger partial charge in [0.2, 0.25) is 0 Å². The SMILES string of the molecule is Cc1cc([N+](=O)[O-])c(C(=O)OC(C)C)cc1Oc1ccc(C#N)cc1. The summed E-state index contributed by atoms with van der Waals surface area (Å²) in [7, 11) is 0. The smallest absolute Gasteiger partial charge is 0.345 e. The maximum Gasteiger partial charge on any atom is 0.345 e. The largest absolute Gasteiger partial charge is 0.459 e. The molecule has 7 heteroatoms. The van der Waals surface area contributed by atoms with Gasteiger partial charge in [0.05, 0.1) is 22.7 Å². The van der Waals surface area contributed by atoms with Crippen LogP contribution in [0.15, 0.2) is 36.4 Å². The molecule has 0 aliphatic rings. The van der Waals surface area contributed by atoms with E-state index in [1.165, 1.54) is 12.1 Å². The van der Waals surface area contributed by atoms with Crippen molar-refractivity contribution in [2.75, 3.05) is 0 Å². The normalized spacial score (nSPS) is 10.2. The summed E-state index contributed by atoms with van der Waals surface area (Å²) in [5, 5.41) is 20.0. The minimum Gasteiger partial charge on any atom is -0.459 e. The first-order valence-corrected chi connectivity index (χ1v) is 7.50. The molecule has 0 saturated carbocycles. The van der Waals surface area contributed by atoms with E-state index in [1.54, 1.807) is 45.0 Å². The lowest BCUT2D eigenvalue weighted by Gasteiger charge is -2.12. The number of benzene rings is 2. The molecule has 2 aromatic rings. The Morgan fingerprint density at radius 2 is 1.88 bits per heavy atom. The molecule has 0 atom stereocenters. The van der Waals surface area contributed by atoms with Crippen molar-refractivity contribution in [1.29, 1.82) is 5.26 Å². The van der Waals surface area contributed by atoms with E-state index < -0.39 is 17.0 Å². The lowest BCUT2D eigenvalue weighted by molar-refractivity contribution is -0.385. The van der Waals surface area contributed by atoms with Crippen LogP contribution in [-0.4, -0.2) is 17.0 Å². The van der Waals surface area contributed by atoms with Gasteiger partial charge in [-0.3, -0.25) is 10.1 Å². The fraction of sp³-hybridized carbons (Fsp3) is 0.222. The van der Waals surface area contributed by atoms with Gasteiger partial charge in [0.25, 0.3) is 5.69 Å². The Bertz CT molecular complexity index is 851. The van der Waals surface area contributed by atoms with Crippen LogP contribution < -0.4 is 4.74 Å². The molecule has 0 radical (unpaired) electrons. The quantitative estimate of drug-likeness (QED) is 0.460. The third-order valence-corrected chi connectivity index (χ3v) is 3.26. The predicted molar refractivity (Wildman–Crippen MR) is 89.6 cm³/mol. The molecule has 0 aliphatic heterocycles. The maximum atomic E-state index is 12.2. The Kier molecular flexibility index (Phi) is 5.35. The van der Waals surface area contributed by atoms with E-state index >= 15 is 0 Å². The molecule has 25 heavy (non-hydrogen) atoms. The molecule has 7 nitrogen and oxygen atoms in total. The number of hydrogen-bond acceptors (Lipinski definition) is 6. The van der Waals surface area contributed by atoms with Crippen molar-refractivity contribution in [3.8, 4) is 17.6 Å². The van der Waals surface area contributed by atoms with Crippen molar-refractivity contribution in [3.05, 3.63) is 63.2 Å². The highest BCUT2D eigenvalue weighted by atomic mass is 16.6. The molecular formula is C18H16N2O5. The van der Waals surface area contributed by atoms with E-state index in [-0.39, 0.29) is 11.3 Å². The fourth-order valence-corrected chi connectivity index (χ4v) is 2.10. The summed E-state index contributed by atoms with van der Waals surface area (Å²) in [6.45, 7) is 4.96. The molecule has 0 aromatic heterocycles.